The highest BCUT2D eigenvalue weighted by atomic mass is 28.6. The molecule has 0 aromatic carbocycles. The Labute approximate surface area is 162 Å². The predicted octanol–water partition coefficient (Wildman–Crippen LogP) is -1.29. The van der Waals surface area contributed by atoms with Crippen LogP contribution in [0.1, 0.15) is 0 Å². The highest BCUT2D eigenvalue weighted by Crippen LogP contribution is 2.34. The molecule has 2 aliphatic rings. The first-order chi connectivity index (χ1) is 11.6. The summed E-state index contributed by atoms with van der Waals surface area (Å²) in [6.07, 6.45) is 0.206. The molecule has 0 spiro atoms. The molecule has 2 rings (SSSR count). The molecule has 11 nitrogen and oxygen atoms in total. The molecule has 0 aliphatic carbocycles. The van der Waals surface area contributed by atoms with E-state index in [4.69, 9.17) is 33.2 Å². The van der Waals surface area contributed by atoms with Crippen LogP contribution < -0.4 is 0 Å². The fraction of sp³-hybridized carbons (Fsp3) is 1.00. The van der Waals surface area contributed by atoms with Gasteiger partial charge < -0.3 is 47.6 Å². The zero-order valence-corrected chi connectivity index (χ0v) is 23.3. The molecule has 2 fully saturated rings. The van der Waals surface area contributed by atoms with E-state index in [-0.39, 0.29) is 6.23 Å². The highest BCUT2D eigenvalue weighted by molar-refractivity contribution is 6.91. The van der Waals surface area contributed by atoms with Gasteiger partial charge in [-0.1, -0.05) is 0 Å². The monoisotopic (exact) mass is 496 g/mol. The average Bonchev–Trinajstić information content (AvgIpc) is 2.30. The number of hydrogen-bond acceptors (Lipinski definition) is 11. The normalized spacial score (nSPS) is 52.2. The Bertz CT molecular complexity index is 525. The van der Waals surface area contributed by atoms with E-state index in [0.29, 0.717) is 0 Å². The van der Waals surface area contributed by atoms with E-state index in [1.807, 2.05) is 6.55 Å². The quantitative estimate of drug-likeness (QED) is 0.394. The number of hydrogen-bond donors (Lipinski definition) is 3. The Morgan fingerprint density at radius 1 is 0.885 bits per heavy atom. The molecule has 0 aromatic heterocycles. The Morgan fingerprint density at radius 2 is 1.46 bits per heavy atom. The highest BCUT2D eigenvalue weighted by Gasteiger charge is 2.64. The summed E-state index contributed by atoms with van der Waals surface area (Å²) in [4.78, 5) is 31.0. The van der Waals surface area contributed by atoms with Gasteiger partial charge in [0.25, 0.3) is 0 Å². The third kappa shape index (κ3) is 6.56. The maximum Gasteiger partial charge on any atom is 0.487 e. The van der Waals surface area contributed by atoms with Gasteiger partial charge in [-0.2, -0.15) is 0 Å². The van der Waals surface area contributed by atoms with Crippen molar-refractivity contribution in [3.8, 4) is 0 Å². The minimum atomic E-state index is -3.83. The van der Waals surface area contributed by atoms with Crippen LogP contribution in [0.5, 0.6) is 0 Å². The van der Waals surface area contributed by atoms with Gasteiger partial charge >= 0.3 is 53.3 Å². The van der Waals surface area contributed by atoms with E-state index >= 15 is 0 Å². The molecule has 0 saturated carbocycles. The van der Waals surface area contributed by atoms with Crippen LogP contribution in [0, 0.1) is 0 Å². The van der Waals surface area contributed by atoms with Gasteiger partial charge in [0.05, 0.1) is 6.23 Å². The molecular formula is C8H28O11Si7. The molecule has 18 heteroatoms. The minimum absolute atomic E-state index is 0.206. The largest absolute Gasteiger partial charge is 0.487 e. The molecule has 3 N–H and O–H groups in total. The summed E-state index contributed by atoms with van der Waals surface area (Å²) in [5, 5.41) is 0. The van der Waals surface area contributed by atoms with Crippen LogP contribution in [0.25, 0.3) is 0 Å². The van der Waals surface area contributed by atoms with Crippen molar-refractivity contribution in [2.75, 3.05) is 6.23 Å². The van der Waals surface area contributed by atoms with E-state index in [1.54, 1.807) is 19.6 Å². The van der Waals surface area contributed by atoms with Crippen molar-refractivity contribution in [3.63, 3.8) is 0 Å². The third-order valence-electron chi connectivity index (χ3n) is 3.25. The topological polar surface area (TPSA) is 135 Å². The van der Waals surface area contributed by atoms with E-state index in [1.165, 1.54) is 19.6 Å². The van der Waals surface area contributed by atoms with Crippen LogP contribution >= 0.6 is 0 Å². The second kappa shape index (κ2) is 7.72. The molecular weight excluding hydrogens is 469 g/mol. The first kappa shape index (κ1) is 23.4. The van der Waals surface area contributed by atoms with Gasteiger partial charge in [0.1, 0.15) is 0 Å². The molecule has 7 unspecified atom stereocenters. The van der Waals surface area contributed by atoms with Crippen LogP contribution in [0.2, 0.25) is 45.8 Å². The third-order valence-corrected chi connectivity index (χ3v) is 26.2. The fourth-order valence-electron chi connectivity index (χ4n) is 2.94. The summed E-state index contributed by atoms with van der Waals surface area (Å²) in [7, 11) is -22.4. The van der Waals surface area contributed by atoms with E-state index in [9.17, 15) is 14.4 Å². The van der Waals surface area contributed by atoms with Gasteiger partial charge in [0.2, 0.25) is 0 Å². The summed E-state index contributed by atoms with van der Waals surface area (Å²) >= 11 is 0. The average molecular weight is 497 g/mol. The second-order valence-electron chi connectivity index (χ2n) is 6.85. The van der Waals surface area contributed by atoms with Crippen molar-refractivity contribution in [1.29, 1.82) is 0 Å². The summed E-state index contributed by atoms with van der Waals surface area (Å²) in [6, 6.07) is 0. The van der Waals surface area contributed by atoms with Gasteiger partial charge in [0, 0.05) is 32.7 Å². The molecule has 2 heterocycles. The zero-order valence-electron chi connectivity index (χ0n) is 16.0. The molecule has 2 bridgehead atoms. The summed E-state index contributed by atoms with van der Waals surface area (Å²) < 4.78 is 46.7. The maximum atomic E-state index is 10.7. The Balaban J connectivity index is 2.46. The molecule has 2 aliphatic heterocycles. The molecule has 2 saturated heterocycles. The Hall–Kier alpha value is 1.08. The lowest BCUT2D eigenvalue weighted by Gasteiger charge is -2.46. The van der Waals surface area contributed by atoms with Crippen LogP contribution in [0.4, 0.5) is 0 Å². The van der Waals surface area contributed by atoms with Gasteiger partial charge in [0.15, 0.2) is 9.04 Å². The lowest BCUT2D eigenvalue weighted by atomic mass is 11.7. The predicted molar refractivity (Wildman–Crippen MR) is 104 cm³/mol. The molecule has 0 radical (unpaired) electrons. The minimum Gasteiger partial charge on any atom is -0.417 e. The number of rotatable bonds is 2. The summed E-state index contributed by atoms with van der Waals surface area (Å²) in [5.74, 6) is 0. The summed E-state index contributed by atoms with van der Waals surface area (Å²) in [6.45, 7) is 11.0. The van der Waals surface area contributed by atoms with E-state index in [2.05, 4.69) is 0 Å². The Kier molecular flexibility index (Phi) is 6.94. The lowest BCUT2D eigenvalue weighted by Crippen LogP contribution is -2.71. The summed E-state index contributed by atoms with van der Waals surface area (Å²) in [5.41, 5.74) is 0. The smallest absolute Gasteiger partial charge is 0.417 e. The second-order valence-corrected chi connectivity index (χ2v) is 25.0. The van der Waals surface area contributed by atoms with Crippen molar-refractivity contribution in [1.82, 2.24) is 0 Å². The van der Waals surface area contributed by atoms with Crippen LogP contribution in [-0.4, -0.2) is 83.0 Å². The lowest BCUT2D eigenvalue weighted by molar-refractivity contribution is 0.0762. The first-order valence-electron chi connectivity index (χ1n) is 8.18. The SMILES string of the molecule is C[SiH](O)O[Si]1(C)O[Si](C)(O)O[Si]2(C)O[Si](C)(O)OC[SiH](C)O[Si](C)(O1)O2. The first-order valence-corrected chi connectivity index (χ1v) is 24.0. The van der Waals surface area contributed by atoms with Crippen LogP contribution in [0.15, 0.2) is 0 Å². The fourth-order valence-corrected chi connectivity index (χ4v) is 30.4. The van der Waals surface area contributed by atoms with Crippen molar-refractivity contribution >= 4 is 62.3 Å². The Morgan fingerprint density at radius 3 is 2.04 bits per heavy atom. The molecule has 154 valence electrons. The molecule has 0 amide bonds. The van der Waals surface area contributed by atoms with Crippen molar-refractivity contribution in [3.05, 3.63) is 0 Å². The van der Waals surface area contributed by atoms with Crippen molar-refractivity contribution < 1.29 is 47.6 Å². The van der Waals surface area contributed by atoms with Gasteiger partial charge in [-0.3, -0.25) is 0 Å². The van der Waals surface area contributed by atoms with E-state index in [0.717, 1.165) is 0 Å². The molecule has 7 atom stereocenters. The van der Waals surface area contributed by atoms with Gasteiger partial charge in [-0.15, -0.1) is 0 Å². The number of fused-ring (bicyclic) bond motifs is 2. The van der Waals surface area contributed by atoms with Crippen LogP contribution in [-0.2, 0) is 33.2 Å². The maximum absolute atomic E-state index is 10.7. The zero-order chi connectivity index (χ0) is 20.0. The molecule has 26 heavy (non-hydrogen) atoms. The van der Waals surface area contributed by atoms with Gasteiger partial charge in [-0.05, 0) is 13.1 Å². The van der Waals surface area contributed by atoms with E-state index < -0.39 is 62.3 Å². The van der Waals surface area contributed by atoms with Crippen molar-refractivity contribution in [2.24, 2.45) is 0 Å². The van der Waals surface area contributed by atoms with Crippen LogP contribution in [0.3, 0.4) is 0 Å². The van der Waals surface area contributed by atoms with Gasteiger partial charge in [-0.25, -0.2) is 0 Å². The van der Waals surface area contributed by atoms with Crippen molar-refractivity contribution in [2.45, 2.75) is 45.8 Å². The standard InChI is InChI=1S/C8H28O11Si7/c1-20-8-12-22(3,10)15-26(7)17-23(4,11)16-25(6,14-21(2)9)18-24(5,13-20)19-26/h9-11,20-21H,8H2,1-7H3. The molecule has 0 aromatic rings.